The molecule has 0 radical (unpaired) electrons. The van der Waals surface area contributed by atoms with Crippen molar-refractivity contribution < 1.29 is 22.8 Å². The minimum Gasteiger partial charge on any atom is -0.328 e. The van der Waals surface area contributed by atoms with Gasteiger partial charge in [-0.1, -0.05) is 0 Å². The summed E-state index contributed by atoms with van der Waals surface area (Å²) in [7, 11) is 0. The molecule has 2 saturated carbocycles. The van der Waals surface area contributed by atoms with Gasteiger partial charge in [0.15, 0.2) is 17.0 Å². The number of hydrogen-bond donors (Lipinski definition) is 2. The van der Waals surface area contributed by atoms with Gasteiger partial charge in [0, 0.05) is 18.5 Å². The first kappa shape index (κ1) is 21.1. The summed E-state index contributed by atoms with van der Waals surface area (Å²) in [5, 5.41) is 8.97. The van der Waals surface area contributed by atoms with Crippen LogP contribution in [-0.2, 0) is 15.8 Å². The number of thiol groups is 1. The van der Waals surface area contributed by atoms with E-state index < -0.39 is 34.4 Å². The van der Waals surface area contributed by atoms with E-state index in [9.17, 15) is 22.8 Å². The fourth-order valence-corrected chi connectivity index (χ4v) is 5.34. The zero-order valence-electron chi connectivity index (χ0n) is 15.9. The highest BCUT2D eigenvalue weighted by Gasteiger charge is 2.67. The Balaban J connectivity index is 1.76. The monoisotopic (exact) mass is 439 g/mol. The SMILES string of the molecule is N#Cc1ncc(N2C(=O)C3(CCC3=O)N(C3CCC(N)CC3)C2S)cc1C(F)(F)F. The molecule has 2 unspecified atom stereocenters. The smallest absolute Gasteiger partial charge is 0.328 e. The maximum Gasteiger partial charge on any atom is 0.419 e. The highest BCUT2D eigenvalue weighted by Crippen LogP contribution is 2.49. The van der Waals surface area contributed by atoms with Crippen molar-refractivity contribution in [3.63, 3.8) is 0 Å². The second-order valence-corrected chi connectivity index (χ2v) is 8.44. The van der Waals surface area contributed by atoms with Crippen LogP contribution in [0.2, 0.25) is 0 Å². The van der Waals surface area contributed by atoms with Gasteiger partial charge in [-0.15, -0.1) is 12.6 Å². The van der Waals surface area contributed by atoms with Crippen molar-refractivity contribution in [1.29, 1.82) is 5.26 Å². The number of Topliss-reactive ketones (excluding diaryl/α,β-unsaturated/α-hetero) is 1. The zero-order valence-corrected chi connectivity index (χ0v) is 16.8. The molecule has 0 bridgehead atoms. The van der Waals surface area contributed by atoms with Gasteiger partial charge < -0.3 is 5.73 Å². The molecule has 4 rings (SSSR count). The first-order valence-electron chi connectivity index (χ1n) is 9.67. The van der Waals surface area contributed by atoms with Crippen molar-refractivity contribution >= 4 is 30.0 Å². The Morgan fingerprint density at radius 3 is 2.43 bits per heavy atom. The Bertz CT molecular complexity index is 941. The summed E-state index contributed by atoms with van der Waals surface area (Å²) < 4.78 is 40.2. The Kier molecular flexibility index (Phi) is 5.07. The Morgan fingerprint density at radius 2 is 1.93 bits per heavy atom. The topological polar surface area (TPSA) is 103 Å². The van der Waals surface area contributed by atoms with Crippen molar-refractivity contribution in [2.45, 2.75) is 67.8 Å². The number of rotatable bonds is 2. The number of anilines is 1. The third kappa shape index (κ3) is 3.01. The molecule has 3 aliphatic rings. The lowest BCUT2D eigenvalue weighted by Crippen LogP contribution is -2.65. The third-order valence-electron chi connectivity index (χ3n) is 6.37. The molecule has 1 saturated heterocycles. The van der Waals surface area contributed by atoms with Crippen LogP contribution in [0.4, 0.5) is 18.9 Å². The molecule has 1 aromatic heterocycles. The van der Waals surface area contributed by atoms with Crippen LogP contribution in [-0.4, -0.2) is 44.7 Å². The number of nitriles is 1. The standard InChI is InChI=1S/C19H20F3N5O2S/c20-19(21,22)13-7-12(9-25-14(13)8-23)26-16(29)18(6-5-15(18)28)27(17(26)30)11-3-1-10(24)2-4-11/h7,9-11,17,30H,1-6,24H2. The summed E-state index contributed by atoms with van der Waals surface area (Å²) in [4.78, 5) is 32.5. The van der Waals surface area contributed by atoms with E-state index in [2.05, 4.69) is 17.6 Å². The molecule has 1 aliphatic heterocycles. The number of amides is 1. The molecule has 2 heterocycles. The van der Waals surface area contributed by atoms with Crippen molar-refractivity contribution in [3.05, 3.63) is 23.5 Å². The van der Waals surface area contributed by atoms with E-state index in [1.165, 1.54) is 6.07 Å². The molecule has 3 fully saturated rings. The van der Waals surface area contributed by atoms with Gasteiger partial charge in [0.2, 0.25) is 0 Å². The van der Waals surface area contributed by atoms with Gasteiger partial charge in [0.25, 0.3) is 5.91 Å². The van der Waals surface area contributed by atoms with E-state index in [0.29, 0.717) is 19.3 Å². The van der Waals surface area contributed by atoms with Gasteiger partial charge >= 0.3 is 6.18 Å². The second kappa shape index (κ2) is 7.21. The summed E-state index contributed by atoms with van der Waals surface area (Å²) in [6, 6.07) is 2.08. The molecule has 160 valence electrons. The Morgan fingerprint density at radius 1 is 1.27 bits per heavy atom. The van der Waals surface area contributed by atoms with E-state index >= 15 is 0 Å². The quantitative estimate of drug-likeness (QED) is 0.541. The molecule has 30 heavy (non-hydrogen) atoms. The van der Waals surface area contributed by atoms with E-state index in [4.69, 9.17) is 11.0 Å². The lowest BCUT2D eigenvalue weighted by molar-refractivity contribution is -0.150. The number of aromatic nitrogens is 1. The van der Waals surface area contributed by atoms with Crippen LogP contribution >= 0.6 is 12.6 Å². The molecule has 1 spiro atoms. The molecule has 7 nitrogen and oxygen atoms in total. The van der Waals surface area contributed by atoms with Crippen LogP contribution in [0.5, 0.6) is 0 Å². The summed E-state index contributed by atoms with van der Waals surface area (Å²) in [6.07, 6.45) is -0.411. The maximum atomic E-state index is 13.4. The third-order valence-corrected chi connectivity index (χ3v) is 6.85. The van der Waals surface area contributed by atoms with E-state index in [1.807, 2.05) is 0 Å². The van der Waals surface area contributed by atoms with Gasteiger partial charge in [-0.2, -0.15) is 18.4 Å². The molecule has 2 atom stereocenters. The molecule has 2 aliphatic carbocycles. The number of pyridine rings is 1. The first-order valence-corrected chi connectivity index (χ1v) is 10.2. The van der Waals surface area contributed by atoms with Gasteiger partial charge in [0.1, 0.15) is 11.6 Å². The van der Waals surface area contributed by atoms with Crippen LogP contribution < -0.4 is 10.6 Å². The van der Waals surface area contributed by atoms with Gasteiger partial charge in [0.05, 0.1) is 17.4 Å². The molecular formula is C19H20F3N5O2S. The molecule has 2 N–H and O–H groups in total. The van der Waals surface area contributed by atoms with Crippen LogP contribution in [0.25, 0.3) is 0 Å². The normalized spacial score (nSPS) is 32.4. The lowest BCUT2D eigenvalue weighted by atomic mass is 9.72. The predicted molar refractivity (Wildman–Crippen MR) is 103 cm³/mol. The van der Waals surface area contributed by atoms with E-state index in [-0.39, 0.29) is 30.0 Å². The number of halogens is 3. The second-order valence-electron chi connectivity index (χ2n) is 7.98. The number of alkyl halides is 3. The first-order chi connectivity index (χ1) is 14.1. The molecule has 1 amide bonds. The maximum absolute atomic E-state index is 13.4. The minimum absolute atomic E-state index is 0.0548. The van der Waals surface area contributed by atoms with Gasteiger partial charge in [-0.3, -0.25) is 19.4 Å². The summed E-state index contributed by atoms with van der Waals surface area (Å²) in [5.41, 5.74) is 1.52. The lowest BCUT2D eigenvalue weighted by Gasteiger charge is -2.47. The van der Waals surface area contributed by atoms with Gasteiger partial charge in [-0.25, -0.2) is 4.98 Å². The van der Waals surface area contributed by atoms with Crippen LogP contribution in [0, 0.1) is 11.3 Å². The van der Waals surface area contributed by atoms with Crippen LogP contribution in [0.15, 0.2) is 12.3 Å². The number of hydrogen-bond acceptors (Lipinski definition) is 7. The van der Waals surface area contributed by atoms with Crippen molar-refractivity contribution in [3.8, 4) is 6.07 Å². The average Bonchev–Trinajstić information content (AvgIpc) is 2.95. The van der Waals surface area contributed by atoms with Crippen LogP contribution in [0.3, 0.4) is 0 Å². The zero-order chi connectivity index (χ0) is 21.8. The highest BCUT2D eigenvalue weighted by atomic mass is 32.1. The van der Waals surface area contributed by atoms with Crippen molar-refractivity contribution in [2.24, 2.45) is 5.73 Å². The average molecular weight is 439 g/mol. The molecule has 0 aromatic carbocycles. The fourth-order valence-electron chi connectivity index (χ4n) is 4.72. The largest absolute Gasteiger partial charge is 0.419 e. The van der Waals surface area contributed by atoms with E-state index in [0.717, 1.165) is 30.0 Å². The Hall–Kier alpha value is -2.16. The fraction of sp³-hybridized carbons (Fsp3) is 0.579. The number of carbonyl (C=O) groups excluding carboxylic acids is 2. The van der Waals surface area contributed by atoms with Gasteiger partial charge in [-0.05, 0) is 38.2 Å². The highest BCUT2D eigenvalue weighted by molar-refractivity contribution is 7.81. The van der Waals surface area contributed by atoms with E-state index in [1.54, 1.807) is 4.90 Å². The molecular weight excluding hydrogens is 419 g/mol. The predicted octanol–water partition coefficient (Wildman–Crippen LogP) is 2.21. The summed E-state index contributed by atoms with van der Waals surface area (Å²) in [5.74, 6) is -0.838. The Labute approximate surface area is 176 Å². The summed E-state index contributed by atoms with van der Waals surface area (Å²) in [6.45, 7) is 0. The number of nitrogens with zero attached hydrogens (tertiary/aromatic N) is 4. The summed E-state index contributed by atoms with van der Waals surface area (Å²) >= 11 is 4.56. The number of carbonyl (C=O) groups is 2. The van der Waals surface area contributed by atoms with Crippen LogP contribution in [0.1, 0.15) is 49.8 Å². The van der Waals surface area contributed by atoms with Crippen molar-refractivity contribution in [2.75, 3.05) is 4.90 Å². The molecule has 1 aromatic rings. The van der Waals surface area contributed by atoms with Crippen molar-refractivity contribution in [1.82, 2.24) is 9.88 Å². The number of nitrogens with two attached hydrogens (primary N) is 1. The molecule has 11 heteroatoms. The number of ketones is 1. The minimum atomic E-state index is -4.81.